The Morgan fingerprint density at radius 1 is 1.16 bits per heavy atom. The number of aliphatic carboxylic acids is 1. The number of benzene rings is 1. The summed E-state index contributed by atoms with van der Waals surface area (Å²) in [5.74, 6) is -0.860. The molecule has 0 amide bonds. The maximum atomic E-state index is 10.9. The van der Waals surface area contributed by atoms with Crippen molar-refractivity contribution in [3.63, 3.8) is 0 Å². The van der Waals surface area contributed by atoms with E-state index in [1.54, 1.807) is 30.5 Å². The molecular formula is C15H16N8O2. The van der Waals surface area contributed by atoms with E-state index in [9.17, 15) is 4.79 Å². The smallest absolute Gasteiger partial charge is 0.325 e. The summed E-state index contributed by atoms with van der Waals surface area (Å²) < 4.78 is 0. The summed E-state index contributed by atoms with van der Waals surface area (Å²) in [5, 5.41) is 12.1. The summed E-state index contributed by atoms with van der Waals surface area (Å²) in [7, 11) is 0. The van der Waals surface area contributed by atoms with Crippen LogP contribution in [0.5, 0.6) is 0 Å². The highest BCUT2D eigenvalue weighted by Crippen LogP contribution is 2.17. The fourth-order valence-electron chi connectivity index (χ4n) is 2.21. The van der Waals surface area contributed by atoms with Gasteiger partial charge in [0, 0.05) is 5.69 Å². The molecule has 0 radical (unpaired) electrons. The van der Waals surface area contributed by atoms with Gasteiger partial charge in [0.25, 0.3) is 0 Å². The molecule has 10 heteroatoms. The van der Waals surface area contributed by atoms with E-state index in [0.717, 1.165) is 5.69 Å². The van der Waals surface area contributed by atoms with E-state index in [2.05, 4.69) is 25.3 Å². The fraction of sp³-hybridized carbons (Fsp3) is 0.133. The van der Waals surface area contributed by atoms with Crippen LogP contribution in [0.15, 0.2) is 30.5 Å². The van der Waals surface area contributed by atoms with Gasteiger partial charge < -0.3 is 27.6 Å². The van der Waals surface area contributed by atoms with Gasteiger partial charge in [-0.05, 0) is 17.7 Å². The predicted octanol–water partition coefficient (Wildman–Crippen LogP) is 0.281. The third kappa shape index (κ3) is 3.53. The molecule has 0 saturated carbocycles. The van der Waals surface area contributed by atoms with Crippen LogP contribution in [0.1, 0.15) is 17.3 Å². The fourth-order valence-corrected chi connectivity index (χ4v) is 2.21. The molecule has 3 aromatic rings. The zero-order valence-corrected chi connectivity index (χ0v) is 13.0. The van der Waals surface area contributed by atoms with Crippen LogP contribution in [0.25, 0.3) is 11.2 Å². The van der Waals surface area contributed by atoms with Gasteiger partial charge >= 0.3 is 5.97 Å². The number of hydrogen-bond acceptors (Lipinski definition) is 9. The number of rotatable bonds is 5. The molecule has 1 atom stereocenters. The second kappa shape index (κ2) is 6.53. The van der Waals surface area contributed by atoms with E-state index in [1.165, 1.54) is 0 Å². The molecule has 1 aromatic carbocycles. The Morgan fingerprint density at radius 3 is 2.56 bits per heavy atom. The molecule has 128 valence electrons. The van der Waals surface area contributed by atoms with Gasteiger partial charge in [0.1, 0.15) is 6.04 Å². The number of anilines is 3. The van der Waals surface area contributed by atoms with Crippen molar-refractivity contribution in [2.45, 2.75) is 12.6 Å². The van der Waals surface area contributed by atoms with E-state index >= 15 is 0 Å². The first kappa shape index (κ1) is 16.3. The monoisotopic (exact) mass is 340 g/mol. The third-order valence-corrected chi connectivity index (χ3v) is 3.51. The molecular weight excluding hydrogens is 324 g/mol. The Morgan fingerprint density at radius 2 is 1.88 bits per heavy atom. The SMILES string of the molecule is Nc1nc(N)c2nc(CNc3ccc(C(N)C(=O)O)cc3)cnc2n1. The van der Waals surface area contributed by atoms with E-state index in [4.69, 9.17) is 22.3 Å². The minimum atomic E-state index is -1.08. The molecule has 2 aromatic heterocycles. The van der Waals surface area contributed by atoms with E-state index < -0.39 is 12.0 Å². The molecule has 8 N–H and O–H groups in total. The van der Waals surface area contributed by atoms with Crippen molar-refractivity contribution < 1.29 is 9.90 Å². The zero-order valence-electron chi connectivity index (χ0n) is 13.0. The molecule has 0 bridgehead atoms. The first-order valence-corrected chi connectivity index (χ1v) is 7.31. The number of carboxylic acid groups (broad SMARTS) is 1. The van der Waals surface area contributed by atoms with Gasteiger partial charge in [-0.1, -0.05) is 12.1 Å². The average molecular weight is 340 g/mol. The summed E-state index contributed by atoms with van der Waals surface area (Å²) in [5.41, 5.74) is 19.5. The van der Waals surface area contributed by atoms with E-state index in [0.29, 0.717) is 29.0 Å². The molecule has 10 nitrogen and oxygen atoms in total. The molecule has 0 aliphatic rings. The Bertz CT molecular complexity index is 929. The highest BCUT2D eigenvalue weighted by molar-refractivity contribution is 5.81. The number of carboxylic acids is 1. The lowest BCUT2D eigenvalue weighted by molar-refractivity contribution is -0.138. The average Bonchev–Trinajstić information content (AvgIpc) is 2.60. The minimum Gasteiger partial charge on any atom is -0.480 e. The highest BCUT2D eigenvalue weighted by Gasteiger charge is 2.13. The second-order valence-electron chi connectivity index (χ2n) is 5.29. The van der Waals surface area contributed by atoms with Crippen molar-refractivity contribution in [3.05, 3.63) is 41.7 Å². The number of nitrogens with zero attached hydrogens (tertiary/aromatic N) is 4. The number of fused-ring (bicyclic) bond motifs is 1. The maximum absolute atomic E-state index is 10.9. The number of hydrogen-bond donors (Lipinski definition) is 5. The van der Waals surface area contributed by atoms with Crippen LogP contribution in [0.4, 0.5) is 17.5 Å². The van der Waals surface area contributed by atoms with Crippen molar-refractivity contribution in [1.29, 1.82) is 0 Å². The second-order valence-corrected chi connectivity index (χ2v) is 5.29. The van der Waals surface area contributed by atoms with Gasteiger partial charge in [-0.25, -0.2) is 9.97 Å². The van der Waals surface area contributed by atoms with Crippen molar-refractivity contribution >= 4 is 34.6 Å². The molecule has 0 aliphatic heterocycles. The number of carbonyl (C=O) groups is 1. The van der Waals surface area contributed by atoms with Gasteiger partial charge in [0.05, 0.1) is 18.4 Å². The van der Waals surface area contributed by atoms with E-state index in [-0.39, 0.29) is 11.8 Å². The normalized spacial score (nSPS) is 12.0. The standard InChI is InChI=1S/C15H16N8O2/c16-10(14(24)25)7-1-3-8(4-2-7)19-5-9-6-20-13-11(21-9)12(17)22-15(18)23-13/h1-4,6,10,19H,5,16H2,(H,24,25)(H4,17,18,20,22,23). The largest absolute Gasteiger partial charge is 0.480 e. The van der Waals surface area contributed by atoms with Crippen LogP contribution in [0.3, 0.4) is 0 Å². The lowest BCUT2D eigenvalue weighted by atomic mass is 10.1. The van der Waals surface area contributed by atoms with Crippen LogP contribution in [-0.2, 0) is 11.3 Å². The lowest BCUT2D eigenvalue weighted by Crippen LogP contribution is -2.20. The molecule has 0 fully saturated rings. The van der Waals surface area contributed by atoms with Gasteiger partial charge in [0.15, 0.2) is 17.0 Å². The molecule has 3 rings (SSSR count). The number of nitrogens with one attached hydrogen (secondary N) is 1. The molecule has 0 aliphatic carbocycles. The van der Waals surface area contributed by atoms with Crippen molar-refractivity contribution in [2.75, 3.05) is 16.8 Å². The lowest BCUT2D eigenvalue weighted by Gasteiger charge is -2.10. The minimum absolute atomic E-state index is 0.0461. The van der Waals surface area contributed by atoms with Crippen molar-refractivity contribution in [3.8, 4) is 0 Å². The summed E-state index contributed by atoms with van der Waals surface area (Å²) >= 11 is 0. The topological polar surface area (TPSA) is 179 Å². The number of nitrogen functional groups attached to an aromatic ring is 2. The summed E-state index contributed by atoms with van der Waals surface area (Å²) in [6.45, 7) is 0.386. The Hall–Kier alpha value is -3.53. The zero-order chi connectivity index (χ0) is 18.0. The number of nitrogens with two attached hydrogens (primary N) is 3. The maximum Gasteiger partial charge on any atom is 0.325 e. The summed E-state index contributed by atoms with van der Waals surface area (Å²) in [6, 6.07) is 5.75. The quantitative estimate of drug-likeness (QED) is 0.433. The third-order valence-electron chi connectivity index (χ3n) is 3.51. The summed E-state index contributed by atoms with van der Waals surface area (Å²) in [4.78, 5) is 27.2. The van der Waals surface area contributed by atoms with Crippen LogP contribution in [-0.4, -0.2) is 31.0 Å². The van der Waals surface area contributed by atoms with Gasteiger partial charge in [-0.2, -0.15) is 9.97 Å². The van der Waals surface area contributed by atoms with Crippen LogP contribution >= 0.6 is 0 Å². The molecule has 0 spiro atoms. The Balaban J connectivity index is 1.73. The molecule has 25 heavy (non-hydrogen) atoms. The predicted molar refractivity (Wildman–Crippen MR) is 92.3 cm³/mol. The Labute approximate surface area is 142 Å². The van der Waals surface area contributed by atoms with E-state index in [1.807, 2.05) is 0 Å². The van der Waals surface area contributed by atoms with Gasteiger partial charge in [-0.15, -0.1) is 0 Å². The van der Waals surface area contributed by atoms with Crippen molar-refractivity contribution in [1.82, 2.24) is 19.9 Å². The first-order valence-electron chi connectivity index (χ1n) is 7.31. The van der Waals surface area contributed by atoms with Gasteiger partial charge in [-0.3, -0.25) is 4.79 Å². The first-order chi connectivity index (χ1) is 11.9. The van der Waals surface area contributed by atoms with Crippen molar-refractivity contribution in [2.24, 2.45) is 5.73 Å². The highest BCUT2D eigenvalue weighted by atomic mass is 16.4. The Kier molecular flexibility index (Phi) is 4.27. The van der Waals surface area contributed by atoms with Crippen LogP contribution in [0.2, 0.25) is 0 Å². The van der Waals surface area contributed by atoms with Crippen LogP contribution < -0.4 is 22.5 Å². The molecule has 2 heterocycles. The van der Waals surface area contributed by atoms with Crippen LogP contribution in [0, 0.1) is 0 Å². The molecule has 0 saturated heterocycles. The number of aromatic nitrogens is 4. The van der Waals surface area contributed by atoms with Gasteiger partial charge in [0.2, 0.25) is 5.95 Å². The summed E-state index contributed by atoms with van der Waals surface area (Å²) in [6.07, 6.45) is 1.57. The molecule has 1 unspecified atom stereocenters.